The number of likely N-dealkylation sites (tertiary alicyclic amines) is 1. The van der Waals surface area contributed by atoms with E-state index in [1.54, 1.807) is 0 Å². The number of rotatable bonds is 4. The van der Waals surface area contributed by atoms with Crippen molar-refractivity contribution in [2.45, 2.75) is 25.0 Å². The monoisotopic (exact) mass is 457 g/mol. The molecule has 1 fully saturated rings. The average molecular weight is 458 g/mol. The lowest BCUT2D eigenvalue weighted by atomic mass is 9.79. The Morgan fingerprint density at radius 3 is 2.55 bits per heavy atom. The zero-order valence-electron chi connectivity index (χ0n) is 18.5. The molecule has 2 N–H and O–H groups in total. The van der Waals surface area contributed by atoms with Gasteiger partial charge in [-0.3, -0.25) is 0 Å². The molecule has 0 amide bonds. The van der Waals surface area contributed by atoms with Crippen LogP contribution in [-0.2, 0) is 11.3 Å². The Hall–Kier alpha value is -3.38. The molecule has 3 unspecified atom stereocenters. The van der Waals surface area contributed by atoms with Crippen LogP contribution in [0.5, 0.6) is 0 Å². The lowest BCUT2D eigenvalue weighted by molar-refractivity contribution is 0.0600. The topological polar surface area (TPSA) is 53.6 Å². The second-order valence-corrected chi connectivity index (χ2v) is 8.95. The van der Waals surface area contributed by atoms with E-state index >= 15 is 0 Å². The fourth-order valence-corrected chi connectivity index (χ4v) is 5.39. The van der Waals surface area contributed by atoms with Crippen LogP contribution in [0.3, 0.4) is 0 Å². The number of esters is 1. The third-order valence-electron chi connectivity index (χ3n) is 6.68. The summed E-state index contributed by atoms with van der Waals surface area (Å²) in [7, 11) is 1.42. The summed E-state index contributed by atoms with van der Waals surface area (Å²) >= 11 is 5.88. The van der Waals surface area contributed by atoms with Crippen molar-refractivity contribution in [3.63, 3.8) is 0 Å². The summed E-state index contributed by atoms with van der Waals surface area (Å²) in [6.45, 7) is 1.55. The van der Waals surface area contributed by atoms with Crippen LogP contribution in [0.2, 0.25) is 0 Å². The lowest BCUT2D eigenvalue weighted by Crippen LogP contribution is -2.42. The number of anilines is 1. The van der Waals surface area contributed by atoms with Crippen LogP contribution in [0.4, 0.5) is 5.69 Å². The zero-order chi connectivity index (χ0) is 22.8. The van der Waals surface area contributed by atoms with Gasteiger partial charge in [-0.05, 0) is 53.5 Å². The van der Waals surface area contributed by atoms with Crippen molar-refractivity contribution >= 4 is 29.0 Å². The molecule has 33 heavy (non-hydrogen) atoms. The van der Waals surface area contributed by atoms with Crippen LogP contribution in [-0.4, -0.2) is 29.6 Å². The maximum Gasteiger partial charge on any atom is 0.337 e. The molecule has 2 heterocycles. The molecule has 5 rings (SSSR count). The van der Waals surface area contributed by atoms with Gasteiger partial charge in [-0.25, -0.2) is 4.79 Å². The molecule has 0 saturated carbocycles. The molecule has 0 aliphatic carbocycles. The van der Waals surface area contributed by atoms with Gasteiger partial charge in [-0.2, -0.15) is 0 Å². The zero-order valence-corrected chi connectivity index (χ0v) is 19.3. The van der Waals surface area contributed by atoms with Crippen LogP contribution in [0.15, 0.2) is 78.9 Å². The largest absolute Gasteiger partial charge is 0.465 e. The minimum Gasteiger partial charge on any atom is -0.465 e. The number of methoxy groups -OCH3 is 1. The Morgan fingerprint density at radius 2 is 1.82 bits per heavy atom. The molecule has 3 aromatic rings. The maximum atomic E-state index is 12.3. The molecular weight excluding hydrogens is 430 g/mol. The molecule has 2 aliphatic rings. The van der Waals surface area contributed by atoms with E-state index in [2.05, 4.69) is 51.9 Å². The fourth-order valence-electron chi connectivity index (χ4n) is 5.12. The van der Waals surface area contributed by atoms with Gasteiger partial charge in [0.25, 0.3) is 0 Å². The van der Waals surface area contributed by atoms with Crippen LogP contribution >= 0.6 is 12.2 Å². The van der Waals surface area contributed by atoms with Crippen LogP contribution in [0.1, 0.15) is 45.6 Å². The molecule has 0 aromatic heterocycles. The van der Waals surface area contributed by atoms with E-state index in [4.69, 9.17) is 17.0 Å². The molecule has 0 spiro atoms. The number of carbonyl (C=O) groups is 1. The molecule has 1 saturated heterocycles. The van der Waals surface area contributed by atoms with Crippen molar-refractivity contribution in [3.8, 4) is 0 Å². The van der Waals surface area contributed by atoms with E-state index in [-0.39, 0.29) is 18.1 Å². The van der Waals surface area contributed by atoms with Gasteiger partial charge in [0.2, 0.25) is 0 Å². The first-order valence-corrected chi connectivity index (χ1v) is 11.7. The van der Waals surface area contributed by atoms with E-state index < -0.39 is 0 Å². The number of hydrogen-bond acceptors (Lipinski definition) is 4. The summed E-state index contributed by atoms with van der Waals surface area (Å²) in [5.41, 5.74) is 5.15. The predicted octanol–water partition coefficient (Wildman–Crippen LogP) is 5.08. The highest BCUT2D eigenvalue weighted by molar-refractivity contribution is 7.80. The Bertz CT molecular complexity index is 1150. The average Bonchev–Trinajstić information content (AvgIpc) is 3.33. The maximum absolute atomic E-state index is 12.3. The van der Waals surface area contributed by atoms with Crippen molar-refractivity contribution in [3.05, 3.63) is 101 Å². The minimum absolute atomic E-state index is 0.0758. The van der Waals surface area contributed by atoms with Crippen LogP contribution < -0.4 is 10.6 Å². The van der Waals surface area contributed by atoms with Crippen molar-refractivity contribution in [1.82, 2.24) is 10.2 Å². The number of nitrogens with one attached hydrogen (secondary N) is 2. The Kier molecular flexibility index (Phi) is 6.01. The first-order valence-electron chi connectivity index (χ1n) is 11.3. The Labute approximate surface area is 199 Å². The van der Waals surface area contributed by atoms with Gasteiger partial charge in [0.1, 0.15) is 0 Å². The second-order valence-electron chi connectivity index (χ2n) is 8.56. The van der Waals surface area contributed by atoms with Crippen molar-refractivity contribution < 1.29 is 9.53 Å². The molecule has 3 aromatic carbocycles. The molecule has 5 nitrogen and oxygen atoms in total. The van der Waals surface area contributed by atoms with Crippen LogP contribution in [0, 0.1) is 5.92 Å². The first-order chi connectivity index (χ1) is 16.2. The van der Waals surface area contributed by atoms with Crippen molar-refractivity contribution in [2.75, 3.05) is 19.0 Å². The van der Waals surface area contributed by atoms with Gasteiger partial charge in [-0.15, -0.1) is 0 Å². The van der Waals surface area contributed by atoms with Gasteiger partial charge in [0.05, 0.1) is 24.8 Å². The SMILES string of the molecule is COC(=O)c1ccc2c(c1)C1C(CCN1C(=S)NCc1ccccc1)C(c1ccccc1)N2. The third-order valence-corrected chi connectivity index (χ3v) is 7.06. The summed E-state index contributed by atoms with van der Waals surface area (Å²) in [5, 5.41) is 7.94. The second kappa shape index (κ2) is 9.24. The van der Waals surface area contributed by atoms with E-state index in [9.17, 15) is 4.79 Å². The summed E-state index contributed by atoms with van der Waals surface area (Å²) in [5.74, 6) is -0.00173. The fraction of sp³-hybridized carbons (Fsp3) is 0.259. The standard InChI is InChI=1S/C27H27N3O2S/c1-32-26(31)20-12-13-23-22(16-20)25-21(24(29-23)19-10-6-3-7-11-19)14-15-30(25)27(33)28-17-18-8-4-2-5-9-18/h2-13,16,21,24-25,29H,14-15,17H2,1H3,(H,28,33). The third kappa shape index (κ3) is 4.18. The molecule has 0 bridgehead atoms. The number of carbonyl (C=O) groups excluding carboxylic acids is 1. The number of ether oxygens (including phenoxy) is 1. The normalized spacial score (nSPS) is 20.9. The van der Waals surface area contributed by atoms with Gasteiger partial charge in [-0.1, -0.05) is 60.7 Å². The molecular formula is C27H27N3O2S. The van der Waals surface area contributed by atoms with Gasteiger partial charge in [0.15, 0.2) is 5.11 Å². The van der Waals surface area contributed by atoms with Gasteiger partial charge >= 0.3 is 5.97 Å². The van der Waals surface area contributed by atoms with Gasteiger partial charge < -0.3 is 20.3 Å². The quantitative estimate of drug-likeness (QED) is 0.421. The molecule has 2 aliphatic heterocycles. The molecule has 168 valence electrons. The number of benzene rings is 3. The number of hydrogen-bond donors (Lipinski definition) is 2. The Morgan fingerprint density at radius 1 is 1.09 bits per heavy atom. The predicted molar refractivity (Wildman–Crippen MR) is 134 cm³/mol. The van der Waals surface area contributed by atoms with Crippen molar-refractivity contribution in [2.24, 2.45) is 5.92 Å². The summed E-state index contributed by atoms with van der Waals surface area (Å²) in [4.78, 5) is 14.5. The van der Waals surface area contributed by atoms with Crippen LogP contribution in [0.25, 0.3) is 0 Å². The highest BCUT2D eigenvalue weighted by atomic mass is 32.1. The smallest absolute Gasteiger partial charge is 0.337 e. The van der Waals surface area contributed by atoms with E-state index in [1.807, 2.05) is 42.5 Å². The van der Waals surface area contributed by atoms with E-state index in [1.165, 1.54) is 18.2 Å². The lowest BCUT2D eigenvalue weighted by Gasteiger charge is -2.41. The number of thiocarbonyl (C=S) groups is 1. The molecule has 3 atom stereocenters. The highest BCUT2D eigenvalue weighted by Crippen LogP contribution is 2.51. The molecule has 6 heteroatoms. The van der Waals surface area contributed by atoms with E-state index in [0.717, 1.165) is 29.3 Å². The van der Waals surface area contributed by atoms with Gasteiger partial charge in [0, 0.05) is 24.7 Å². The Balaban J connectivity index is 1.48. The minimum atomic E-state index is -0.325. The number of fused-ring (bicyclic) bond motifs is 3. The number of nitrogens with zero attached hydrogens (tertiary/aromatic N) is 1. The molecule has 0 radical (unpaired) electrons. The van der Waals surface area contributed by atoms with Crippen molar-refractivity contribution in [1.29, 1.82) is 0 Å². The van der Waals surface area contributed by atoms with E-state index in [0.29, 0.717) is 18.0 Å². The first kappa shape index (κ1) is 21.5. The summed E-state index contributed by atoms with van der Waals surface area (Å²) < 4.78 is 4.98. The summed E-state index contributed by atoms with van der Waals surface area (Å²) in [6, 6.07) is 26.9. The summed E-state index contributed by atoms with van der Waals surface area (Å²) in [6.07, 6.45) is 1.01. The highest BCUT2D eigenvalue weighted by Gasteiger charge is 2.45.